The van der Waals surface area contributed by atoms with E-state index in [0.29, 0.717) is 16.4 Å². The van der Waals surface area contributed by atoms with Crippen molar-refractivity contribution >= 4 is 34.8 Å². The predicted octanol–water partition coefficient (Wildman–Crippen LogP) is 5.97. The molecule has 3 aromatic rings. The Morgan fingerprint density at radius 3 is 2.34 bits per heavy atom. The Bertz CT molecular complexity index is 1050. The van der Waals surface area contributed by atoms with Gasteiger partial charge < -0.3 is 5.32 Å². The van der Waals surface area contributed by atoms with Gasteiger partial charge in [-0.1, -0.05) is 42.3 Å². The van der Waals surface area contributed by atoms with E-state index in [2.05, 4.69) is 15.6 Å². The van der Waals surface area contributed by atoms with Crippen molar-refractivity contribution in [3.8, 4) is 5.69 Å². The van der Waals surface area contributed by atoms with Crippen LogP contribution in [0.5, 0.6) is 0 Å². The van der Waals surface area contributed by atoms with E-state index in [1.165, 1.54) is 10.7 Å². The van der Waals surface area contributed by atoms with Crippen molar-refractivity contribution < 1.29 is 18.0 Å². The molecule has 2 aromatic carbocycles. The van der Waals surface area contributed by atoms with Gasteiger partial charge >= 0.3 is 6.18 Å². The standard InChI is InChI=1S/C19H15Cl2F3N4O/c1-10(2)17-16(26-27-28(17)13-6-3-11(20)4-7-13)18(29)25-12-5-8-15(21)14(9-12)19(22,23)24/h3-10H,1-2H3,(H,25,29). The number of amides is 1. The van der Waals surface area contributed by atoms with Gasteiger partial charge in [-0.2, -0.15) is 13.2 Å². The summed E-state index contributed by atoms with van der Waals surface area (Å²) in [7, 11) is 0. The number of alkyl halides is 3. The quantitative estimate of drug-likeness (QED) is 0.541. The normalized spacial score (nSPS) is 11.7. The predicted molar refractivity (Wildman–Crippen MR) is 105 cm³/mol. The van der Waals surface area contributed by atoms with Crippen molar-refractivity contribution in [1.82, 2.24) is 15.0 Å². The Kier molecular flexibility index (Phi) is 5.86. The van der Waals surface area contributed by atoms with Crippen molar-refractivity contribution in [2.75, 3.05) is 5.32 Å². The molecule has 0 aliphatic heterocycles. The molecule has 0 aliphatic carbocycles. The van der Waals surface area contributed by atoms with Gasteiger partial charge in [-0.05, 0) is 48.4 Å². The lowest BCUT2D eigenvalue weighted by Crippen LogP contribution is -2.17. The lowest BCUT2D eigenvalue weighted by atomic mass is 10.1. The van der Waals surface area contributed by atoms with Crippen LogP contribution in [-0.2, 0) is 6.18 Å². The Morgan fingerprint density at radius 2 is 1.76 bits per heavy atom. The van der Waals surface area contributed by atoms with E-state index in [0.717, 1.165) is 12.1 Å². The summed E-state index contributed by atoms with van der Waals surface area (Å²) in [5.74, 6) is -0.818. The van der Waals surface area contributed by atoms with Gasteiger partial charge in [0, 0.05) is 10.7 Å². The first-order valence-corrected chi connectivity index (χ1v) is 9.23. The van der Waals surface area contributed by atoms with Crippen molar-refractivity contribution in [1.29, 1.82) is 0 Å². The summed E-state index contributed by atoms with van der Waals surface area (Å²) < 4.78 is 40.6. The molecule has 29 heavy (non-hydrogen) atoms. The Labute approximate surface area is 174 Å². The van der Waals surface area contributed by atoms with E-state index in [1.807, 2.05) is 13.8 Å². The molecule has 0 atom stereocenters. The minimum atomic E-state index is -4.64. The highest BCUT2D eigenvalue weighted by molar-refractivity contribution is 6.31. The number of anilines is 1. The van der Waals surface area contributed by atoms with Gasteiger partial charge in [0.05, 0.1) is 22.0 Å². The molecule has 152 valence electrons. The number of aromatic nitrogens is 3. The monoisotopic (exact) mass is 442 g/mol. The van der Waals surface area contributed by atoms with E-state index >= 15 is 0 Å². The largest absolute Gasteiger partial charge is 0.417 e. The van der Waals surface area contributed by atoms with E-state index < -0.39 is 22.7 Å². The molecule has 3 rings (SSSR count). The van der Waals surface area contributed by atoms with Crippen LogP contribution in [0.15, 0.2) is 42.5 Å². The minimum Gasteiger partial charge on any atom is -0.321 e. The van der Waals surface area contributed by atoms with Gasteiger partial charge in [0.1, 0.15) is 0 Å². The molecule has 5 nitrogen and oxygen atoms in total. The third kappa shape index (κ3) is 4.54. The van der Waals surface area contributed by atoms with Gasteiger partial charge in [0.25, 0.3) is 5.91 Å². The highest BCUT2D eigenvalue weighted by Gasteiger charge is 2.33. The lowest BCUT2D eigenvalue weighted by Gasteiger charge is -2.13. The topological polar surface area (TPSA) is 59.8 Å². The molecule has 1 N–H and O–H groups in total. The number of rotatable bonds is 4. The second kappa shape index (κ2) is 8.04. The molecule has 0 unspecified atom stereocenters. The number of carbonyl (C=O) groups excluding carboxylic acids is 1. The van der Waals surface area contributed by atoms with Crippen LogP contribution in [-0.4, -0.2) is 20.9 Å². The van der Waals surface area contributed by atoms with Crippen molar-refractivity contribution in [2.45, 2.75) is 25.9 Å². The summed E-state index contributed by atoms with van der Waals surface area (Å²) in [5, 5.41) is 10.5. The third-order valence-corrected chi connectivity index (χ3v) is 4.65. The average molecular weight is 443 g/mol. The van der Waals surface area contributed by atoms with Crippen LogP contribution in [0.3, 0.4) is 0 Å². The molecule has 10 heteroatoms. The molecule has 1 amide bonds. The third-order valence-electron chi connectivity index (χ3n) is 4.07. The van der Waals surface area contributed by atoms with Crippen LogP contribution in [0.1, 0.15) is 41.5 Å². The molecule has 0 saturated heterocycles. The van der Waals surface area contributed by atoms with E-state index in [9.17, 15) is 18.0 Å². The molecule has 0 spiro atoms. The van der Waals surface area contributed by atoms with Crippen molar-refractivity contribution in [3.05, 3.63) is 69.5 Å². The van der Waals surface area contributed by atoms with Gasteiger partial charge in [-0.15, -0.1) is 5.10 Å². The van der Waals surface area contributed by atoms with Crippen molar-refractivity contribution in [2.24, 2.45) is 0 Å². The maximum Gasteiger partial charge on any atom is 0.417 e. The summed E-state index contributed by atoms with van der Waals surface area (Å²) in [4.78, 5) is 12.7. The number of benzene rings is 2. The summed E-state index contributed by atoms with van der Waals surface area (Å²) in [6, 6.07) is 9.93. The fraction of sp³-hybridized carbons (Fsp3) is 0.211. The SMILES string of the molecule is CC(C)c1c(C(=O)Nc2ccc(Cl)c(C(F)(F)F)c2)nnn1-c1ccc(Cl)cc1. The van der Waals surface area contributed by atoms with Gasteiger partial charge in [-0.25, -0.2) is 4.68 Å². The zero-order valence-corrected chi connectivity index (χ0v) is 16.8. The van der Waals surface area contributed by atoms with Crippen molar-refractivity contribution in [3.63, 3.8) is 0 Å². The lowest BCUT2D eigenvalue weighted by molar-refractivity contribution is -0.137. The zero-order chi connectivity index (χ0) is 21.3. The van der Waals surface area contributed by atoms with E-state index in [1.54, 1.807) is 24.3 Å². The number of nitrogens with one attached hydrogen (secondary N) is 1. The molecule has 0 bridgehead atoms. The summed E-state index contributed by atoms with van der Waals surface area (Å²) in [6.07, 6.45) is -4.64. The molecule has 0 radical (unpaired) electrons. The molecule has 0 aliphatic rings. The highest BCUT2D eigenvalue weighted by Crippen LogP contribution is 2.36. The fourth-order valence-electron chi connectivity index (χ4n) is 2.75. The van der Waals surface area contributed by atoms with Crippen LogP contribution < -0.4 is 5.32 Å². The number of halogens is 5. The highest BCUT2D eigenvalue weighted by atomic mass is 35.5. The molecular weight excluding hydrogens is 428 g/mol. The fourth-order valence-corrected chi connectivity index (χ4v) is 3.10. The summed E-state index contributed by atoms with van der Waals surface area (Å²) >= 11 is 11.5. The van der Waals surface area contributed by atoms with Crippen LogP contribution in [0.25, 0.3) is 5.69 Å². The Hall–Kier alpha value is -2.58. The second-order valence-electron chi connectivity index (χ2n) is 6.51. The van der Waals surface area contributed by atoms with Gasteiger partial charge in [-0.3, -0.25) is 4.79 Å². The summed E-state index contributed by atoms with van der Waals surface area (Å²) in [6.45, 7) is 3.71. The zero-order valence-electron chi connectivity index (χ0n) is 15.3. The maximum atomic E-state index is 13.0. The van der Waals surface area contributed by atoms with Crippen LogP contribution in [0.4, 0.5) is 18.9 Å². The van der Waals surface area contributed by atoms with E-state index in [-0.39, 0.29) is 17.3 Å². The first-order chi connectivity index (χ1) is 13.6. The molecule has 1 aromatic heterocycles. The maximum absolute atomic E-state index is 13.0. The second-order valence-corrected chi connectivity index (χ2v) is 7.36. The Morgan fingerprint density at radius 1 is 1.10 bits per heavy atom. The minimum absolute atomic E-state index is 0.0125. The van der Waals surface area contributed by atoms with E-state index in [4.69, 9.17) is 23.2 Å². The van der Waals surface area contributed by atoms with Crippen LogP contribution >= 0.6 is 23.2 Å². The molecule has 0 fully saturated rings. The Balaban J connectivity index is 1.95. The van der Waals surface area contributed by atoms with Gasteiger partial charge in [0.2, 0.25) is 0 Å². The number of hydrogen-bond acceptors (Lipinski definition) is 3. The van der Waals surface area contributed by atoms with Crippen LogP contribution in [0.2, 0.25) is 10.0 Å². The smallest absolute Gasteiger partial charge is 0.321 e. The van der Waals surface area contributed by atoms with Gasteiger partial charge in [0.15, 0.2) is 5.69 Å². The molecular formula is C19H15Cl2F3N4O. The van der Waals surface area contributed by atoms with Crippen LogP contribution in [0, 0.1) is 0 Å². The number of carbonyl (C=O) groups is 1. The molecule has 1 heterocycles. The first-order valence-electron chi connectivity index (χ1n) is 8.47. The number of hydrogen-bond donors (Lipinski definition) is 1. The average Bonchev–Trinajstić information content (AvgIpc) is 3.08. The first kappa shape index (κ1) is 21.1. The number of nitrogens with zero attached hydrogens (tertiary/aromatic N) is 3. The molecule has 0 saturated carbocycles. The summed E-state index contributed by atoms with van der Waals surface area (Å²) in [5.41, 5.74) is 0.0807.